The highest BCUT2D eigenvalue weighted by Gasteiger charge is 2.18. The fourth-order valence-electron chi connectivity index (χ4n) is 4.36. The molecule has 4 rings (SSSR count). The van der Waals surface area contributed by atoms with Crippen LogP contribution in [-0.4, -0.2) is 78.1 Å². The highest BCUT2D eigenvalue weighted by Crippen LogP contribution is 2.23. The second-order valence-corrected chi connectivity index (χ2v) is 8.83. The van der Waals surface area contributed by atoms with Crippen molar-refractivity contribution in [1.29, 1.82) is 0 Å². The Morgan fingerprint density at radius 2 is 1.70 bits per heavy atom. The standard InChI is InChI=1S/C24H36N4O2/c1-20(2)28-15-13-26(14-16-28)12-5-17-29-23-8-6-21(7-9-23)24-25-22(19-30-24)18-27-10-3-4-11-27/h6-9,19-20H,3-5,10-18H2,1-2H3. The van der Waals surface area contributed by atoms with E-state index in [4.69, 9.17) is 9.15 Å². The van der Waals surface area contributed by atoms with Crippen LogP contribution in [0.15, 0.2) is 34.9 Å². The number of piperazine rings is 1. The molecule has 0 bridgehead atoms. The molecule has 164 valence electrons. The molecule has 1 aromatic heterocycles. The molecule has 0 saturated carbocycles. The minimum atomic E-state index is 0.659. The van der Waals surface area contributed by atoms with Crippen LogP contribution in [0.1, 0.15) is 38.8 Å². The molecule has 2 aliphatic heterocycles. The van der Waals surface area contributed by atoms with Gasteiger partial charge in [-0.3, -0.25) is 9.80 Å². The van der Waals surface area contributed by atoms with Gasteiger partial charge >= 0.3 is 0 Å². The van der Waals surface area contributed by atoms with Crippen molar-refractivity contribution in [2.45, 2.75) is 45.7 Å². The Morgan fingerprint density at radius 3 is 2.40 bits per heavy atom. The van der Waals surface area contributed by atoms with E-state index in [1.165, 1.54) is 52.1 Å². The smallest absolute Gasteiger partial charge is 0.226 e. The topological polar surface area (TPSA) is 45.0 Å². The fraction of sp³-hybridized carbons (Fsp3) is 0.625. The first-order valence-corrected chi connectivity index (χ1v) is 11.5. The van der Waals surface area contributed by atoms with Crippen LogP contribution in [0.5, 0.6) is 5.75 Å². The van der Waals surface area contributed by atoms with Crippen molar-refractivity contribution in [1.82, 2.24) is 19.7 Å². The van der Waals surface area contributed by atoms with Gasteiger partial charge in [0.05, 0.1) is 12.3 Å². The van der Waals surface area contributed by atoms with Gasteiger partial charge in [-0.2, -0.15) is 0 Å². The van der Waals surface area contributed by atoms with Crippen LogP contribution in [0.2, 0.25) is 0 Å². The number of hydrogen-bond donors (Lipinski definition) is 0. The Kier molecular flexibility index (Phi) is 7.42. The van der Waals surface area contributed by atoms with E-state index in [-0.39, 0.29) is 0 Å². The van der Waals surface area contributed by atoms with Gasteiger partial charge in [0, 0.05) is 50.9 Å². The average Bonchev–Trinajstić information content (AvgIpc) is 3.45. The molecule has 0 aliphatic carbocycles. The molecule has 2 saturated heterocycles. The van der Waals surface area contributed by atoms with Crippen LogP contribution in [0, 0.1) is 0 Å². The maximum Gasteiger partial charge on any atom is 0.226 e. The molecule has 0 radical (unpaired) electrons. The van der Waals surface area contributed by atoms with E-state index in [1.807, 2.05) is 24.3 Å². The van der Waals surface area contributed by atoms with Gasteiger partial charge in [0.15, 0.2) is 0 Å². The van der Waals surface area contributed by atoms with E-state index >= 15 is 0 Å². The van der Waals surface area contributed by atoms with Gasteiger partial charge in [0.2, 0.25) is 5.89 Å². The molecule has 2 aromatic rings. The molecule has 6 nitrogen and oxygen atoms in total. The molecule has 0 atom stereocenters. The molecule has 0 spiro atoms. The number of nitrogens with zero attached hydrogens (tertiary/aromatic N) is 4. The van der Waals surface area contributed by atoms with E-state index in [1.54, 1.807) is 6.26 Å². The molecule has 2 aliphatic rings. The minimum Gasteiger partial charge on any atom is -0.494 e. The number of aromatic nitrogens is 1. The Bertz CT molecular complexity index is 760. The van der Waals surface area contributed by atoms with Crippen LogP contribution in [0.3, 0.4) is 0 Å². The molecule has 30 heavy (non-hydrogen) atoms. The average molecular weight is 413 g/mol. The van der Waals surface area contributed by atoms with Crippen LogP contribution in [-0.2, 0) is 6.54 Å². The molecule has 6 heteroatoms. The largest absolute Gasteiger partial charge is 0.494 e. The first kappa shape index (κ1) is 21.3. The van der Waals surface area contributed by atoms with Crippen LogP contribution < -0.4 is 4.74 Å². The normalized spacial score (nSPS) is 19.0. The summed E-state index contributed by atoms with van der Waals surface area (Å²) in [5.41, 5.74) is 2.01. The molecule has 1 aromatic carbocycles. The summed E-state index contributed by atoms with van der Waals surface area (Å²) >= 11 is 0. The number of oxazole rings is 1. The third-order valence-electron chi connectivity index (χ3n) is 6.26. The molecular weight excluding hydrogens is 376 g/mol. The van der Waals surface area contributed by atoms with Gasteiger partial charge in [-0.1, -0.05) is 0 Å². The van der Waals surface area contributed by atoms with Gasteiger partial charge < -0.3 is 14.1 Å². The monoisotopic (exact) mass is 412 g/mol. The lowest BCUT2D eigenvalue weighted by Gasteiger charge is -2.36. The maximum absolute atomic E-state index is 5.95. The maximum atomic E-state index is 5.95. The number of rotatable bonds is 9. The molecule has 0 unspecified atom stereocenters. The zero-order valence-corrected chi connectivity index (χ0v) is 18.6. The van der Waals surface area contributed by atoms with Gasteiger partial charge in [-0.25, -0.2) is 4.98 Å². The fourth-order valence-corrected chi connectivity index (χ4v) is 4.36. The van der Waals surface area contributed by atoms with Gasteiger partial charge in [0.25, 0.3) is 0 Å². The number of hydrogen-bond acceptors (Lipinski definition) is 6. The van der Waals surface area contributed by atoms with E-state index in [0.717, 1.165) is 43.1 Å². The number of likely N-dealkylation sites (tertiary alicyclic amines) is 1. The summed E-state index contributed by atoms with van der Waals surface area (Å²) in [6.45, 7) is 14.4. The summed E-state index contributed by atoms with van der Waals surface area (Å²) in [6.07, 6.45) is 5.43. The zero-order chi connectivity index (χ0) is 20.8. The van der Waals surface area contributed by atoms with Crippen molar-refractivity contribution in [3.63, 3.8) is 0 Å². The summed E-state index contributed by atoms with van der Waals surface area (Å²) < 4.78 is 11.6. The quantitative estimate of drug-likeness (QED) is 0.585. The minimum absolute atomic E-state index is 0.659. The lowest BCUT2D eigenvalue weighted by atomic mass is 10.2. The Labute approximate surface area is 180 Å². The van der Waals surface area contributed by atoms with Crippen LogP contribution >= 0.6 is 0 Å². The Hall–Kier alpha value is -1.89. The molecule has 2 fully saturated rings. The van der Waals surface area contributed by atoms with E-state index < -0.39 is 0 Å². The summed E-state index contributed by atoms with van der Waals surface area (Å²) in [7, 11) is 0. The summed E-state index contributed by atoms with van der Waals surface area (Å²) in [5.74, 6) is 1.60. The predicted molar refractivity (Wildman–Crippen MR) is 120 cm³/mol. The highest BCUT2D eigenvalue weighted by molar-refractivity contribution is 5.54. The number of benzene rings is 1. The van der Waals surface area contributed by atoms with Gasteiger partial charge in [-0.05, 0) is 70.5 Å². The molecule has 3 heterocycles. The Balaban J connectivity index is 1.18. The van der Waals surface area contributed by atoms with E-state index in [9.17, 15) is 0 Å². The summed E-state index contributed by atoms with van der Waals surface area (Å²) in [6, 6.07) is 8.76. The van der Waals surface area contributed by atoms with Crippen molar-refractivity contribution in [2.24, 2.45) is 0 Å². The second-order valence-electron chi connectivity index (χ2n) is 8.83. The lowest BCUT2D eigenvalue weighted by Crippen LogP contribution is -2.49. The lowest BCUT2D eigenvalue weighted by molar-refractivity contribution is 0.104. The molecule has 0 amide bonds. The van der Waals surface area contributed by atoms with E-state index in [2.05, 4.69) is 33.5 Å². The zero-order valence-electron chi connectivity index (χ0n) is 18.6. The predicted octanol–water partition coefficient (Wildman–Crippen LogP) is 3.73. The van der Waals surface area contributed by atoms with Gasteiger partial charge in [0.1, 0.15) is 12.0 Å². The molecular formula is C24H36N4O2. The Morgan fingerprint density at radius 1 is 0.967 bits per heavy atom. The van der Waals surface area contributed by atoms with Crippen molar-refractivity contribution >= 4 is 0 Å². The molecule has 0 N–H and O–H groups in total. The first-order chi connectivity index (χ1) is 14.7. The summed E-state index contributed by atoms with van der Waals surface area (Å²) in [5, 5.41) is 0. The highest BCUT2D eigenvalue weighted by atomic mass is 16.5. The second kappa shape index (κ2) is 10.4. The van der Waals surface area contributed by atoms with Crippen LogP contribution in [0.25, 0.3) is 11.5 Å². The van der Waals surface area contributed by atoms with Gasteiger partial charge in [-0.15, -0.1) is 0 Å². The number of ether oxygens (including phenoxy) is 1. The van der Waals surface area contributed by atoms with E-state index in [0.29, 0.717) is 11.9 Å². The summed E-state index contributed by atoms with van der Waals surface area (Å²) in [4.78, 5) is 12.2. The SMILES string of the molecule is CC(C)N1CCN(CCCOc2ccc(-c3nc(CN4CCCC4)co3)cc2)CC1. The first-order valence-electron chi connectivity index (χ1n) is 11.5. The van der Waals surface area contributed by atoms with Crippen molar-refractivity contribution < 1.29 is 9.15 Å². The van der Waals surface area contributed by atoms with Crippen molar-refractivity contribution in [2.75, 3.05) is 52.4 Å². The van der Waals surface area contributed by atoms with Crippen molar-refractivity contribution in [3.05, 3.63) is 36.2 Å². The third kappa shape index (κ3) is 5.84. The van der Waals surface area contributed by atoms with Crippen molar-refractivity contribution in [3.8, 4) is 17.2 Å². The third-order valence-corrected chi connectivity index (χ3v) is 6.26. The van der Waals surface area contributed by atoms with Crippen LogP contribution in [0.4, 0.5) is 0 Å².